The number of nitrogens with zero attached hydrogens (tertiary/aromatic N) is 1. The van der Waals surface area contributed by atoms with E-state index in [1.54, 1.807) is 0 Å². The van der Waals surface area contributed by atoms with Crippen LogP contribution in [0.15, 0.2) is 36.4 Å². The second kappa shape index (κ2) is 4.76. The molecule has 0 aliphatic carbocycles. The molecule has 17 heavy (non-hydrogen) atoms. The maximum Gasteiger partial charge on any atom is 0.0443 e. The topological polar surface area (TPSA) is 27.0 Å². The van der Waals surface area contributed by atoms with Crippen LogP contribution < -0.4 is 10.6 Å². The van der Waals surface area contributed by atoms with E-state index in [-0.39, 0.29) is 0 Å². The first-order valence-electron chi connectivity index (χ1n) is 5.98. The zero-order valence-corrected chi connectivity index (χ0v) is 10.7. The van der Waals surface area contributed by atoms with Crippen LogP contribution in [-0.4, -0.2) is 20.6 Å². The quantitative estimate of drug-likeness (QED) is 0.790. The molecule has 0 aliphatic rings. The third-order valence-corrected chi connectivity index (χ3v) is 3.22. The van der Waals surface area contributed by atoms with E-state index in [2.05, 4.69) is 62.3 Å². The minimum absolute atomic E-state index is 0.290. The number of benzene rings is 2. The summed E-state index contributed by atoms with van der Waals surface area (Å²) in [6.07, 6.45) is 0. The predicted octanol–water partition coefficient (Wildman–Crippen LogP) is 3.29. The van der Waals surface area contributed by atoms with Gasteiger partial charge in [-0.1, -0.05) is 37.3 Å². The Bertz CT molecular complexity index is 517. The van der Waals surface area contributed by atoms with E-state index in [4.69, 9.17) is 5.73 Å². The van der Waals surface area contributed by atoms with E-state index in [9.17, 15) is 0 Å². The fourth-order valence-corrected chi connectivity index (χ4v) is 2.09. The highest BCUT2D eigenvalue weighted by Crippen LogP contribution is 2.30. The van der Waals surface area contributed by atoms with E-state index in [1.807, 2.05) is 0 Å². The van der Waals surface area contributed by atoms with Gasteiger partial charge in [0.1, 0.15) is 0 Å². The van der Waals surface area contributed by atoms with Crippen LogP contribution >= 0.6 is 0 Å². The van der Waals surface area contributed by atoms with Crippen molar-refractivity contribution in [3.05, 3.63) is 42.0 Å². The van der Waals surface area contributed by atoms with Gasteiger partial charge < -0.3 is 4.90 Å². The number of fused-ring (bicyclic) bond motifs is 1. The molecule has 0 aliphatic heterocycles. The third kappa shape index (κ3) is 2.27. The summed E-state index contributed by atoms with van der Waals surface area (Å²) in [6.45, 7) is 2.54. The third-order valence-electron chi connectivity index (χ3n) is 3.22. The van der Waals surface area contributed by atoms with Crippen LogP contribution in [0.25, 0.3) is 10.8 Å². The van der Waals surface area contributed by atoms with Crippen molar-refractivity contribution in [3.63, 3.8) is 0 Å². The summed E-state index contributed by atoms with van der Waals surface area (Å²) in [5.74, 6) is 0.290. The highest BCUT2D eigenvalue weighted by Gasteiger charge is 2.09. The van der Waals surface area contributed by atoms with Crippen LogP contribution in [0, 0.1) is 0 Å². The SMILES string of the molecule is CC(C[NH])c1cc(N(C)C)c2ccccc2c1. The summed E-state index contributed by atoms with van der Waals surface area (Å²) >= 11 is 0. The molecule has 0 saturated heterocycles. The van der Waals surface area contributed by atoms with Crippen molar-refractivity contribution >= 4 is 16.5 Å². The lowest BCUT2D eigenvalue weighted by molar-refractivity contribution is 0.760. The number of hydrogen-bond donors (Lipinski definition) is 0. The Balaban J connectivity index is 2.67. The molecule has 0 heterocycles. The predicted molar refractivity (Wildman–Crippen MR) is 74.7 cm³/mol. The summed E-state index contributed by atoms with van der Waals surface area (Å²) in [7, 11) is 4.13. The molecule has 0 saturated carbocycles. The highest BCUT2D eigenvalue weighted by atomic mass is 15.1. The van der Waals surface area contributed by atoms with Crippen molar-refractivity contribution in [2.45, 2.75) is 12.8 Å². The summed E-state index contributed by atoms with van der Waals surface area (Å²) in [4.78, 5) is 2.14. The lowest BCUT2D eigenvalue weighted by Crippen LogP contribution is -2.10. The van der Waals surface area contributed by atoms with Crippen LogP contribution in [0.3, 0.4) is 0 Å². The minimum Gasteiger partial charge on any atom is -0.377 e. The first kappa shape index (κ1) is 11.9. The van der Waals surface area contributed by atoms with Crippen molar-refractivity contribution < 1.29 is 0 Å². The molecular weight excluding hydrogens is 208 g/mol. The Morgan fingerprint density at radius 1 is 1.18 bits per heavy atom. The molecule has 2 aromatic rings. The number of nitrogens with one attached hydrogen (secondary N) is 1. The number of rotatable bonds is 3. The summed E-state index contributed by atoms with van der Waals surface area (Å²) < 4.78 is 0. The first-order chi connectivity index (χ1) is 8.13. The molecule has 1 unspecified atom stereocenters. The van der Waals surface area contributed by atoms with E-state index >= 15 is 0 Å². The molecule has 0 fully saturated rings. The second-order valence-corrected chi connectivity index (χ2v) is 4.76. The van der Waals surface area contributed by atoms with Crippen LogP contribution in [0.2, 0.25) is 0 Å². The standard InChI is InChI=1S/C15H19N2/c1-11(10-16)13-8-12-6-4-5-7-14(12)15(9-13)17(2)3/h4-9,11,16H,10H2,1-3H3. The molecule has 2 aromatic carbocycles. The summed E-state index contributed by atoms with van der Waals surface area (Å²) in [5.41, 5.74) is 10.0. The van der Waals surface area contributed by atoms with Gasteiger partial charge in [0.2, 0.25) is 0 Å². The molecule has 2 heteroatoms. The lowest BCUT2D eigenvalue weighted by Gasteiger charge is -2.19. The monoisotopic (exact) mass is 227 g/mol. The Morgan fingerprint density at radius 3 is 2.53 bits per heavy atom. The van der Waals surface area contributed by atoms with E-state index < -0.39 is 0 Å². The van der Waals surface area contributed by atoms with Crippen LogP contribution in [-0.2, 0) is 0 Å². The normalized spacial score (nSPS) is 12.7. The van der Waals surface area contributed by atoms with Gasteiger partial charge in [-0.15, -0.1) is 0 Å². The summed E-state index contributed by atoms with van der Waals surface area (Å²) in [6, 6.07) is 12.9. The van der Waals surface area contributed by atoms with Crippen molar-refractivity contribution in [2.24, 2.45) is 0 Å². The van der Waals surface area contributed by atoms with Crippen molar-refractivity contribution in [2.75, 3.05) is 25.5 Å². The molecule has 0 aromatic heterocycles. The smallest absolute Gasteiger partial charge is 0.0443 e. The lowest BCUT2D eigenvalue weighted by atomic mass is 9.96. The number of anilines is 1. The van der Waals surface area contributed by atoms with Gasteiger partial charge in [-0.05, 0) is 22.9 Å². The van der Waals surface area contributed by atoms with Gasteiger partial charge in [-0.2, -0.15) is 0 Å². The Labute approximate surface area is 103 Å². The van der Waals surface area contributed by atoms with Gasteiger partial charge in [0.25, 0.3) is 0 Å². The largest absolute Gasteiger partial charge is 0.377 e. The molecule has 89 valence electrons. The van der Waals surface area contributed by atoms with E-state index in [0.717, 1.165) is 0 Å². The average molecular weight is 227 g/mol. The zero-order chi connectivity index (χ0) is 12.4. The molecule has 0 bridgehead atoms. The van der Waals surface area contributed by atoms with Crippen LogP contribution in [0.1, 0.15) is 18.4 Å². The van der Waals surface area contributed by atoms with Gasteiger partial charge >= 0.3 is 0 Å². The van der Waals surface area contributed by atoms with Gasteiger partial charge in [-0.25, -0.2) is 0 Å². The van der Waals surface area contributed by atoms with Crippen molar-refractivity contribution in [3.8, 4) is 0 Å². The second-order valence-electron chi connectivity index (χ2n) is 4.76. The van der Waals surface area contributed by atoms with Crippen LogP contribution in [0.5, 0.6) is 0 Å². The Hall–Kier alpha value is -1.54. The highest BCUT2D eigenvalue weighted by molar-refractivity contribution is 5.95. The van der Waals surface area contributed by atoms with Crippen molar-refractivity contribution in [1.29, 1.82) is 0 Å². The zero-order valence-electron chi connectivity index (χ0n) is 10.7. The fraction of sp³-hybridized carbons (Fsp3) is 0.333. The molecular formula is C15H19N2. The Morgan fingerprint density at radius 2 is 1.88 bits per heavy atom. The molecule has 1 atom stereocenters. The maximum atomic E-state index is 7.52. The van der Waals surface area contributed by atoms with Crippen LogP contribution in [0.4, 0.5) is 5.69 Å². The van der Waals surface area contributed by atoms with Gasteiger partial charge in [-0.3, -0.25) is 5.73 Å². The summed E-state index contributed by atoms with van der Waals surface area (Å²) in [5, 5.41) is 2.53. The van der Waals surface area contributed by atoms with Gasteiger partial charge in [0.15, 0.2) is 0 Å². The maximum absolute atomic E-state index is 7.52. The average Bonchev–Trinajstić information content (AvgIpc) is 2.36. The molecule has 0 amide bonds. The van der Waals surface area contributed by atoms with Gasteiger partial charge in [0.05, 0.1) is 0 Å². The molecule has 1 radical (unpaired) electrons. The number of hydrogen-bond acceptors (Lipinski definition) is 1. The minimum atomic E-state index is 0.290. The van der Waals surface area contributed by atoms with E-state index in [0.29, 0.717) is 12.5 Å². The first-order valence-corrected chi connectivity index (χ1v) is 5.98. The van der Waals surface area contributed by atoms with E-state index in [1.165, 1.54) is 22.0 Å². The fourth-order valence-electron chi connectivity index (χ4n) is 2.09. The van der Waals surface area contributed by atoms with Gasteiger partial charge in [0, 0.05) is 31.7 Å². The van der Waals surface area contributed by atoms with Crippen molar-refractivity contribution in [1.82, 2.24) is 5.73 Å². The molecule has 0 spiro atoms. The Kier molecular flexibility index (Phi) is 3.34. The molecule has 1 N–H and O–H groups in total. The molecule has 2 rings (SSSR count). The molecule has 2 nitrogen and oxygen atoms in total.